The Morgan fingerprint density at radius 3 is 2.38 bits per heavy atom. The summed E-state index contributed by atoms with van der Waals surface area (Å²) in [6.07, 6.45) is 0. The number of ether oxygens (including phenoxy) is 2. The molecule has 0 bridgehead atoms. The Hall–Kier alpha value is -0.170. The Labute approximate surface area is 156 Å². The van der Waals surface area contributed by atoms with E-state index >= 15 is 0 Å². The first kappa shape index (κ1) is 17.2. The maximum absolute atomic E-state index is 6.30. The number of alkyl halides is 1. The largest absolute Gasteiger partial charge is 0.495 e. The fourth-order valence-corrected chi connectivity index (χ4v) is 3.46. The van der Waals surface area contributed by atoms with Crippen LogP contribution in [-0.2, 0) is 0 Å². The third-order valence-corrected chi connectivity index (χ3v) is 5.98. The summed E-state index contributed by atoms with van der Waals surface area (Å²) in [5.41, 5.74) is 1.94. The molecule has 112 valence electrons. The summed E-state index contributed by atoms with van der Waals surface area (Å²) in [4.78, 5) is -0.0784. The van der Waals surface area contributed by atoms with Crippen molar-refractivity contribution in [3.05, 3.63) is 55.1 Å². The van der Waals surface area contributed by atoms with Gasteiger partial charge in [0.2, 0.25) is 0 Å². The van der Waals surface area contributed by atoms with E-state index in [4.69, 9.17) is 32.7 Å². The van der Waals surface area contributed by atoms with Crippen molar-refractivity contribution >= 4 is 61.7 Å². The molecule has 2 rings (SSSR count). The molecule has 1 unspecified atom stereocenters. The number of benzene rings is 2. The summed E-state index contributed by atoms with van der Waals surface area (Å²) < 4.78 is 11.7. The quantitative estimate of drug-likeness (QED) is 0.372. The van der Waals surface area contributed by atoms with Crippen molar-refractivity contribution in [1.29, 1.82) is 0 Å². The molecule has 0 N–H and O–H groups in total. The van der Waals surface area contributed by atoms with E-state index in [9.17, 15) is 0 Å². The van der Waals surface area contributed by atoms with Crippen molar-refractivity contribution in [2.45, 2.75) is 4.83 Å². The molecule has 0 aliphatic rings. The lowest BCUT2D eigenvalue weighted by molar-refractivity contribution is 0.392. The van der Waals surface area contributed by atoms with E-state index in [1.165, 1.54) is 0 Å². The zero-order valence-corrected chi connectivity index (χ0v) is 16.5. The summed E-state index contributed by atoms with van der Waals surface area (Å²) in [5, 5.41) is 1.18. The zero-order chi connectivity index (χ0) is 15.6. The lowest BCUT2D eigenvalue weighted by Gasteiger charge is -2.18. The van der Waals surface area contributed by atoms with E-state index in [0.29, 0.717) is 16.5 Å². The van der Waals surface area contributed by atoms with Gasteiger partial charge in [-0.05, 0) is 46.4 Å². The van der Waals surface area contributed by atoms with Gasteiger partial charge < -0.3 is 9.47 Å². The maximum atomic E-state index is 6.30. The summed E-state index contributed by atoms with van der Waals surface area (Å²) in [6, 6.07) is 9.67. The lowest BCUT2D eigenvalue weighted by atomic mass is 10.0. The summed E-state index contributed by atoms with van der Waals surface area (Å²) >= 11 is 18.4. The van der Waals surface area contributed by atoms with Crippen LogP contribution < -0.4 is 9.47 Å². The summed E-state index contributed by atoms with van der Waals surface area (Å²) in [5.74, 6) is 1.17. The van der Waals surface area contributed by atoms with Gasteiger partial charge in [0.05, 0.1) is 24.1 Å². The molecule has 0 saturated carbocycles. The molecule has 21 heavy (non-hydrogen) atoms. The molecule has 0 amide bonds. The van der Waals surface area contributed by atoms with Crippen LogP contribution in [0, 0.1) is 3.57 Å². The minimum atomic E-state index is -0.0784. The van der Waals surface area contributed by atoms with Crippen molar-refractivity contribution < 1.29 is 9.47 Å². The molecule has 0 aliphatic carbocycles. The predicted molar refractivity (Wildman–Crippen MR) is 99.5 cm³/mol. The van der Waals surface area contributed by atoms with Gasteiger partial charge in [0, 0.05) is 9.13 Å². The zero-order valence-electron chi connectivity index (χ0n) is 11.3. The fraction of sp³-hybridized carbons (Fsp3) is 0.200. The first-order valence-electron chi connectivity index (χ1n) is 5.99. The minimum Gasteiger partial charge on any atom is -0.495 e. The molecule has 2 nitrogen and oxygen atoms in total. The highest BCUT2D eigenvalue weighted by molar-refractivity contribution is 14.1. The molecule has 2 aromatic carbocycles. The SMILES string of the molecule is COc1ccc(C(Br)c2ccc(I)c(Cl)c2)c(OC)c1Cl. The normalized spacial score (nSPS) is 12.1. The van der Waals surface area contributed by atoms with Crippen molar-refractivity contribution in [2.75, 3.05) is 14.2 Å². The molecule has 0 heterocycles. The molecule has 2 aromatic rings. The Balaban J connectivity index is 2.50. The second-order valence-corrected chi connectivity index (χ2v) is 7.10. The van der Waals surface area contributed by atoms with Gasteiger partial charge in [0.15, 0.2) is 0 Å². The van der Waals surface area contributed by atoms with Gasteiger partial charge in [-0.25, -0.2) is 0 Å². The standard InChI is InChI=1S/C15H12BrCl2IO2/c1-20-12-6-4-9(15(21-2)14(12)18)13(16)8-3-5-11(19)10(17)7-8/h3-7,13H,1-2H3. The first-order chi connectivity index (χ1) is 9.99. The van der Waals surface area contributed by atoms with Gasteiger partial charge in [-0.2, -0.15) is 0 Å². The fourth-order valence-electron chi connectivity index (χ4n) is 1.97. The topological polar surface area (TPSA) is 18.5 Å². The van der Waals surface area contributed by atoms with E-state index in [0.717, 1.165) is 19.7 Å². The number of rotatable bonds is 4. The highest BCUT2D eigenvalue weighted by Crippen LogP contribution is 2.44. The van der Waals surface area contributed by atoms with Crippen molar-refractivity contribution in [1.82, 2.24) is 0 Å². The molecule has 0 fully saturated rings. The van der Waals surface area contributed by atoms with E-state index in [1.54, 1.807) is 14.2 Å². The number of halogens is 4. The Kier molecular flexibility index (Phi) is 6.05. The highest BCUT2D eigenvalue weighted by atomic mass is 127. The molecular weight excluding hydrogens is 490 g/mol. The molecule has 0 aromatic heterocycles. The van der Waals surface area contributed by atoms with Gasteiger partial charge in [-0.1, -0.05) is 51.3 Å². The second kappa shape index (κ2) is 7.40. The number of hydrogen-bond donors (Lipinski definition) is 0. The molecule has 0 radical (unpaired) electrons. The summed E-state index contributed by atoms with van der Waals surface area (Å²) in [6.45, 7) is 0. The van der Waals surface area contributed by atoms with Crippen LogP contribution in [0.15, 0.2) is 30.3 Å². The van der Waals surface area contributed by atoms with Crippen molar-refractivity contribution in [2.24, 2.45) is 0 Å². The highest BCUT2D eigenvalue weighted by Gasteiger charge is 2.20. The molecule has 1 atom stereocenters. The van der Waals surface area contributed by atoms with Crippen LogP contribution in [0.3, 0.4) is 0 Å². The van der Waals surface area contributed by atoms with E-state index in [-0.39, 0.29) is 4.83 Å². The van der Waals surface area contributed by atoms with Gasteiger partial charge >= 0.3 is 0 Å². The first-order valence-corrected chi connectivity index (χ1v) is 8.74. The van der Waals surface area contributed by atoms with Gasteiger partial charge in [0.25, 0.3) is 0 Å². The van der Waals surface area contributed by atoms with E-state index in [1.807, 2.05) is 30.3 Å². The van der Waals surface area contributed by atoms with Gasteiger partial charge in [0.1, 0.15) is 16.5 Å². The predicted octanol–water partition coefficient (Wildman–Crippen LogP) is 6.10. The van der Waals surface area contributed by atoms with Gasteiger partial charge in [-0.15, -0.1) is 0 Å². The average molecular weight is 502 g/mol. The number of hydrogen-bond acceptors (Lipinski definition) is 2. The second-order valence-electron chi connectivity index (χ2n) is 4.24. The Morgan fingerprint density at radius 2 is 1.81 bits per heavy atom. The van der Waals surface area contributed by atoms with Crippen LogP contribution in [0.25, 0.3) is 0 Å². The van der Waals surface area contributed by atoms with Crippen LogP contribution in [0.2, 0.25) is 10.0 Å². The summed E-state index contributed by atoms with van der Waals surface area (Å²) in [7, 11) is 3.16. The van der Waals surface area contributed by atoms with Crippen LogP contribution in [0.4, 0.5) is 0 Å². The van der Waals surface area contributed by atoms with Crippen LogP contribution in [0.1, 0.15) is 16.0 Å². The lowest BCUT2D eigenvalue weighted by Crippen LogP contribution is -1.99. The third-order valence-electron chi connectivity index (χ3n) is 3.03. The molecule has 0 aliphatic heterocycles. The Bertz CT molecular complexity index is 664. The minimum absolute atomic E-state index is 0.0784. The monoisotopic (exact) mass is 500 g/mol. The maximum Gasteiger partial charge on any atom is 0.145 e. The Morgan fingerprint density at radius 1 is 1.10 bits per heavy atom. The molecule has 0 saturated heterocycles. The van der Waals surface area contributed by atoms with Crippen molar-refractivity contribution in [3.8, 4) is 11.5 Å². The van der Waals surface area contributed by atoms with Crippen LogP contribution in [-0.4, -0.2) is 14.2 Å². The van der Waals surface area contributed by atoms with Gasteiger partial charge in [-0.3, -0.25) is 0 Å². The molecule has 0 spiro atoms. The van der Waals surface area contributed by atoms with E-state index in [2.05, 4.69) is 38.5 Å². The average Bonchev–Trinajstić information content (AvgIpc) is 2.49. The number of methoxy groups -OCH3 is 2. The van der Waals surface area contributed by atoms with E-state index < -0.39 is 0 Å². The van der Waals surface area contributed by atoms with Crippen molar-refractivity contribution in [3.63, 3.8) is 0 Å². The molecule has 6 heteroatoms. The van der Waals surface area contributed by atoms with Crippen LogP contribution in [0.5, 0.6) is 11.5 Å². The smallest absolute Gasteiger partial charge is 0.145 e. The third kappa shape index (κ3) is 3.60. The van der Waals surface area contributed by atoms with Crippen LogP contribution >= 0.6 is 61.7 Å². The molecular formula is C15H12BrCl2IO2.